The summed E-state index contributed by atoms with van der Waals surface area (Å²) in [4.78, 5) is 0. The van der Waals surface area contributed by atoms with E-state index in [-0.39, 0.29) is 6.10 Å². The highest BCUT2D eigenvalue weighted by molar-refractivity contribution is 4.48. The van der Waals surface area contributed by atoms with E-state index in [2.05, 4.69) is 4.74 Å². The van der Waals surface area contributed by atoms with E-state index in [1.807, 2.05) is 0 Å². The Bertz CT molecular complexity index is 47.6. The summed E-state index contributed by atoms with van der Waals surface area (Å²) in [5.41, 5.74) is 0. The summed E-state index contributed by atoms with van der Waals surface area (Å²) in [5, 5.41) is 8.78. The monoisotopic (exact) mass is 120 g/mol. The molecule has 0 unspecified atom stereocenters. The van der Waals surface area contributed by atoms with Crippen molar-refractivity contribution in [2.45, 2.75) is 19.3 Å². The first-order chi connectivity index (χ1) is 3.72. The number of ether oxygens (including phenoxy) is 2. The smallest absolute Gasteiger partial charge is 0.180 e. The van der Waals surface area contributed by atoms with Gasteiger partial charge in [0.25, 0.3) is 0 Å². The molecule has 0 aromatic rings. The largest absolute Gasteiger partial charge is 0.376 e. The molecule has 0 bridgehead atoms. The second-order valence-electron chi connectivity index (χ2n) is 1.57. The van der Waals surface area contributed by atoms with Gasteiger partial charge in [-0.25, -0.2) is 0 Å². The van der Waals surface area contributed by atoms with Gasteiger partial charge < -0.3 is 14.6 Å². The molecule has 2 atom stereocenters. The molecule has 1 N–H and O–H groups in total. The topological polar surface area (TPSA) is 38.7 Å². The van der Waals surface area contributed by atoms with E-state index in [9.17, 15) is 0 Å². The Kier molecular flexibility index (Phi) is 3.77. The highest BCUT2D eigenvalue weighted by Gasteiger charge is 2.09. The Morgan fingerprint density at radius 2 is 1.75 bits per heavy atom. The van der Waals surface area contributed by atoms with Gasteiger partial charge in [-0.1, -0.05) is 0 Å². The first-order valence-corrected chi connectivity index (χ1v) is 2.46. The fraction of sp³-hybridized carbons (Fsp3) is 1.00. The number of aliphatic hydroxyl groups is 1. The first-order valence-electron chi connectivity index (χ1n) is 2.46. The van der Waals surface area contributed by atoms with Gasteiger partial charge in [-0.05, 0) is 6.92 Å². The second-order valence-corrected chi connectivity index (χ2v) is 1.57. The van der Waals surface area contributed by atoms with Crippen molar-refractivity contribution >= 4 is 0 Å². The minimum atomic E-state index is -0.806. The van der Waals surface area contributed by atoms with E-state index in [0.717, 1.165) is 0 Å². The molecule has 0 fully saturated rings. The zero-order chi connectivity index (χ0) is 6.57. The van der Waals surface area contributed by atoms with Crippen LogP contribution in [-0.2, 0) is 9.47 Å². The zero-order valence-electron chi connectivity index (χ0n) is 5.42. The molecule has 0 amide bonds. The lowest BCUT2D eigenvalue weighted by molar-refractivity contribution is -0.148. The third-order valence-corrected chi connectivity index (χ3v) is 1.01. The summed E-state index contributed by atoms with van der Waals surface area (Å²) in [7, 11) is 2.95. The van der Waals surface area contributed by atoms with Crippen LogP contribution in [0.4, 0.5) is 0 Å². The molecule has 3 nitrogen and oxygen atoms in total. The third kappa shape index (κ3) is 2.26. The number of aliphatic hydroxyl groups excluding tert-OH is 1. The van der Waals surface area contributed by atoms with Gasteiger partial charge in [0.05, 0.1) is 0 Å². The highest BCUT2D eigenvalue weighted by Crippen LogP contribution is 1.95. The first kappa shape index (κ1) is 7.88. The summed E-state index contributed by atoms with van der Waals surface area (Å²) in [6, 6.07) is 0. The Morgan fingerprint density at radius 1 is 1.25 bits per heavy atom. The van der Waals surface area contributed by atoms with Crippen LogP contribution in [0.3, 0.4) is 0 Å². The lowest BCUT2D eigenvalue weighted by Gasteiger charge is -2.14. The van der Waals surface area contributed by atoms with Gasteiger partial charge >= 0.3 is 0 Å². The summed E-state index contributed by atoms with van der Waals surface area (Å²) in [6.45, 7) is 1.73. The summed E-state index contributed by atoms with van der Waals surface area (Å²) in [6.07, 6.45) is -1.06. The molecular weight excluding hydrogens is 108 g/mol. The maximum absolute atomic E-state index is 8.78. The Balaban J connectivity index is 3.29. The molecule has 0 radical (unpaired) electrons. The molecule has 0 saturated heterocycles. The summed E-state index contributed by atoms with van der Waals surface area (Å²) in [5.74, 6) is 0. The number of methoxy groups -OCH3 is 2. The molecule has 0 aromatic carbocycles. The van der Waals surface area contributed by atoms with E-state index in [4.69, 9.17) is 9.84 Å². The van der Waals surface area contributed by atoms with Crippen LogP contribution in [0, 0.1) is 0 Å². The van der Waals surface area contributed by atoms with Crippen LogP contribution in [0.2, 0.25) is 0 Å². The van der Waals surface area contributed by atoms with Crippen LogP contribution < -0.4 is 0 Å². The fourth-order valence-electron chi connectivity index (χ4n) is 0.308. The zero-order valence-corrected chi connectivity index (χ0v) is 5.42. The summed E-state index contributed by atoms with van der Waals surface area (Å²) < 4.78 is 9.26. The Hall–Kier alpha value is -0.120. The van der Waals surface area contributed by atoms with Gasteiger partial charge in [-0.2, -0.15) is 0 Å². The lowest BCUT2D eigenvalue weighted by Crippen LogP contribution is -2.26. The average Bonchev–Trinajstić information content (AvgIpc) is 1.84. The number of rotatable bonds is 3. The maximum atomic E-state index is 8.78. The third-order valence-electron chi connectivity index (χ3n) is 1.01. The van der Waals surface area contributed by atoms with Crippen molar-refractivity contribution in [3.8, 4) is 0 Å². The van der Waals surface area contributed by atoms with E-state index in [1.165, 1.54) is 14.2 Å². The van der Waals surface area contributed by atoms with Crippen LogP contribution in [0.1, 0.15) is 6.92 Å². The molecule has 8 heavy (non-hydrogen) atoms. The van der Waals surface area contributed by atoms with Crippen LogP contribution >= 0.6 is 0 Å². The predicted octanol–water partition coefficient (Wildman–Crippen LogP) is -0.0139. The second kappa shape index (κ2) is 3.83. The number of hydrogen-bond acceptors (Lipinski definition) is 3. The molecule has 0 heterocycles. The van der Waals surface area contributed by atoms with Crippen molar-refractivity contribution in [2.24, 2.45) is 0 Å². The van der Waals surface area contributed by atoms with Crippen LogP contribution in [0.5, 0.6) is 0 Å². The van der Waals surface area contributed by atoms with Crippen molar-refractivity contribution in [1.29, 1.82) is 0 Å². The predicted molar refractivity (Wildman–Crippen MR) is 29.5 cm³/mol. The minimum Gasteiger partial charge on any atom is -0.376 e. The quantitative estimate of drug-likeness (QED) is 0.532. The highest BCUT2D eigenvalue weighted by atomic mass is 16.6. The van der Waals surface area contributed by atoms with E-state index >= 15 is 0 Å². The van der Waals surface area contributed by atoms with Crippen molar-refractivity contribution in [3.63, 3.8) is 0 Å². The van der Waals surface area contributed by atoms with Crippen molar-refractivity contribution in [3.05, 3.63) is 0 Å². The van der Waals surface area contributed by atoms with Crippen molar-refractivity contribution in [1.82, 2.24) is 0 Å². The van der Waals surface area contributed by atoms with Crippen LogP contribution in [0.15, 0.2) is 0 Å². The van der Waals surface area contributed by atoms with Crippen molar-refractivity contribution in [2.75, 3.05) is 14.2 Å². The molecular formula is C5H12O3. The molecule has 3 heteroatoms. The molecule has 0 spiro atoms. The van der Waals surface area contributed by atoms with Gasteiger partial charge in [-0.15, -0.1) is 0 Å². The minimum absolute atomic E-state index is 0.250. The normalized spacial score (nSPS) is 18.0. The number of hydrogen-bond donors (Lipinski definition) is 1. The average molecular weight is 120 g/mol. The summed E-state index contributed by atoms with van der Waals surface area (Å²) >= 11 is 0. The maximum Gasteiger partial charge on any atom is 0.180 e. The van der Waals surface area contributed by atoms with Crippen LogP contribution in [-0.4, -0.2) is 31.7 Å². The SMILES string of the molecule is CO[C@@H](C)[C@@H](O)OC. The van der Waals surface area contributed by atoms with Gasteiger partial charge in [-0.3, -0.25) is 0 Å². The molecule has 0 aliphatic rings. The van der Waals surface area contributed by atoms with Crippen molar-refractivity contribution < 1.29 is 14.6 Å². The van der Waals surface area contributed by atoms with E-state index < -0.39 is 6.29 Å². The molecule has 50 valence electrons. The van der Waals surface area contributed by atoms with Gasteiger partial charge in [0.1, 0.15) is 6.10 Å². The standard InChI is InChI=1S/C5H12O3/c1-4(7-2)5(6)8-3/h4-6H,1-3H3/t4-,5-/m0/s1. The molecule has 0 aromatic heterocycles. The molecule has 0 aliphatic heterocycles. The molecule has 0 aliphatic carbocycles. The van der Waals surface area contributed by atoms with Gasteiger partial charge in [0, 0.05) is 14.2 Å². The van der Waals surface area contributed by atoms with Gasteiger partial charge in [0.15, 0.2) is 6.29 Å². The van der Waals surface area contributed by atoms with E-state index in [0.29, 0.717) is 0 Å². The molecule has 0 saturated carbocycles. The van der Waals surface area contributed by atoms with E-state index in [1.54, 1.807) is 6.92 Å². The Morgan fingerprint density at radius 3 is 1.88 bits per heavy atom. The van der Waals surface area contributed by atoms with Gasteiger partial charge in [0.2, 0.25) is 0 Å². The lowest BCUT2D eigenvalue weighted by atomic mass is 10.4. The molecule has 0 rings (SSSR count). The Labute approximate surface area is 49.2 Å². The fourth-order valence-corrected chi connectivity index (χ4v) is 0.308. The van der Waals surface area contributed by atoms with Crippen LogP contribution in [0.25, 0.3) is 0 Å².